The van der Waals surface area contributed by atoms with Crippen molar-refractivity contribution in [3.8, 4) is 0 Å². The van der Waals surface area contributed by atoms with Crippen molar-refractivity contribution < 1.29 is 4.39 Å². The molecule has 1 aliphatic carbocycles. The van der Waals surface area contributed by atoms with Gasteiger partial charge in [0, 0.05) is 17.6 Å². The van der Waals surface area contributed by atoms with Gasteiger partial charge in [-0.2, -0.15) is 0 Å². The van der Waals surface area contributed by atoms with Crippen LogP contribution >= 0.6 is 0 Å². The van der Waals surface area contributed by atoms with E-state index >= 15 is 0 Å². The summed E-state index contributed by atoms with van der Waals surface area (Å²) in [6.45, 7) is 6.78. The summed E-state index contributed by atoms with van der Waals surface area (Å²) in [4.78, 5) is 0. The maximum atomic E-state index is 13.8. The molecular formula is C17H26FN. The lowest BCUT2D eigenvalue weighted by Crippen LogP contribution is -2.31. The van der Waals surface area contributed by atoms with Crippen molar-refractivity contribution in [1.29, 1.82) is 0 Å². The Morgan fingerprint density at radius 1 is 1.21 bits per heavy atom. The molecule has 0 heterocycles. The van der Waals surface area contributed by atoms with E-state index in [1.165, 1.54) is 32.1 Å². The van der Waals surface area contributed by atoms with Crippen LogP contribution in [0.15, 0.2) is 24.3 Å². The van der Waals surface area contributed by atoms with Gasteiger partial charge < -0.3 is 5.32 Å². The van der Waals surface area contributed by atoms with Gasteiger partial charge in [0.2, 0.25) is 0 Å². The third-order valence-electron chi connectivity index (χ3n) is 4.43. The summed E-state index contributed by atoms with van der Waals surface area (Å²) in [5, 5.41) is 3.61. The zero-order valence-corrected chi connectivity index (χ0v) is 12.4. The van der Waals surface area contributed by atoms with Crippen LogP contribution in [0.25, 0.3) is 0 Å². The van der Waals surface area contributed by atoms with E-state index in [1.807, 2.05) is 12.1 Å². The van der Waals surface area contributed by atoms with Gasteiger partial charge in [-0.1, -0.05) is 38.5 Å². The van der Waals surface area contributed by atoms with Gasteiger partial charge in [0.15, 0.2) is 0 Å². The molecule has 2 rings (SSSR count). The highest BCUT2D eigenvalue weighted by molar-refractivity contribution is 5.20. The minimum atomic E-state index is -0.101. The van der Waals surface area contributed by atoms with Crippen molar-refractivity contribution in [3.05, 3.63) is 35.6 Å². The number of rotatable bonds is 3. The molecule has 1 N–H and O–H groups in total. The summed E-state index contributed by atoms with van der Waals surface area (Å²) < 4.78 is 13.8. The highest BCUT2D eigenvalue weighted by Gasteiger charge is 2.25. The molecule has 2 unspecified atom stereocenters. The van der Waals surface area contributed by atoms with Gasteiger partial charge >= 0.3 is 0 Å². The zero-order valence-electron chi connectivity index (χ0n) is 12.4. The average Bonchev–Trinajstić information content (AvgIpc) is 2.51. The molecule has 1 aliphatic rings. The molecule has 1 nitrogen and oxygen atoms in total. The lowest BCUT2D eigenvalue weighted by atomic mass is 9.85. The van der Waals surface area contributed by atoms with Gasteiger partial charge in [-0.25, -0.2) is 4.39 Å². The largest absolute Gasteiger partial charge is 0.307 e. The molecule has 1 aromatic rings. The summed E-state index contributed by atoms with van der Waals surface area (Å²) in [6.07, 6.45) is 6.25. The van der Waals surface area contributed by atoms with Gasteiger partial charge in [-0.3, -0.25) is 0 Å². The third-order valence-corrected chi connectivity index (χ3v) is 4.43. The van der Waals surface area contributed by atoms with E-state index in [0.717, 1.165) is 5.56 Å². The van der Waals surface area contributed by atoms with Crippen LogP contribution in [-0.4, -0.2) is 6.04 Å². The molecule has 0 radical (unpaired) electrons. The van der Waals surface area contributed by atoms with Crippen molar-refractivity contribution in [3.63, 3.8) is 0 Å². The van der Waals surface area contributed by atoms with Gasteiger partial charge in [0.25, 0.3) is 0 Å². The molecule has 1 aromatic carbocycles. The number of halogens is 1. The second-order valence-electron chi connectivity index (χ2n) is 6.70. The quantitative estimate of drug-likeness (QED) is 0.770. The summed E-state index contributed by atoms with van der Waals surface area (Å²) in [7, 11) is 0. The Kier molecular flexibility index (Phi) is 4.62. The first-order valence-electron chi connectivity index (χ1n) is 7.48. The molecule has 0 saturated heterocycles. The van der Waals surface area contributed by atoms with Crippen LogP contribution in [0.2, 0.25) is 0 Å². The summed E-state index contributed by atoms with van der Waals surface area (Å²) in [6, 6.07) is 7.70. The van der Waals surface area contributed by atoms with Crippen LogP contribution < -0.4 is 5.32 Å². The Morgan fingerprint density at radius 2 is 1.95 bits per heavy atom. The van der Waals surface area contributed by atoms with E-state index in [1.54, 1.807) is 12.1 Å². The number of hydrogen-bond acceptors (Lipinski definition) is 1. The van der Waals surface area contributed by atoms with Crippen molar-refractivity contribution in [2.24, 2.45) is 5.41 Å². The second kappa shape index (κ2) is 6.04. The van der Waals surface area contributed by atoms with E-state index < -0.39 is 0 Å². The Bertz CT molecular complexity index is 413. The monoisotopic (exact) mass is 263 g/mol. The van der Waals surface area contributed by atoms with Gasteiger partial charge in [-0.15, -0.1) is 0 Å². The smallest absolute Gasteiger partial charge is 0.127 e. The molecule has 19 heavy (non-hydrogen) atoms. The fraction of sp³-hybridized carbons (Fsp3) is 0.647. The molecule has 1 fully saturated rings. The van der Waals surface area contributed by atoms with Gasteiger partial charge in [0.1, 0.15) is 5.82 Å². The summed E-state index contributed by atoms with van der Waals surface area (Å²) in [5.74, 6) is -0.101. The zero-order chi connectivity index (χ0) is 13.9. The van der Waals surface area contributed by atoms with Crippen LogP contribution in [0.1, 0.15) is 64.5 Å². The normalized spacial score (nSPS) is 24.7. The first-order chi connectivity index (χ1) is 8.98. The first kappa shape index (κ1) is 14.5. The van der Waals surface area contributed by atoms with Gasteiger partial charge in [0.05, 0.1) is 0 Å². The predicted octanol–water partition coefficient (Wildman–Crippen LogP) is 4.84. The third kappa shape index (κ3) is 4.04. The highest BCUT2D eigenvalue weighted by atomic mass is 19.1. The van der Waals surface area contributed by atoms with E-state index in [2.05, 4.69) is 26.1 Å². The molecule has 1 saturated carbocycles. The van der Waals surface area contributed by atoms with Gasteiger partial charge in [-0.05, 0) is 44.1 Å². The van der Waals surface area contributed by atoms with Crippen LogP contribution in [0, 0.1) is 11.2 Å². The average molecular weight is 263 g/mol. The molecule has 0 amide bonds. The standard InChI is InChI=1S/C17H26FN/c1-13(15-8-4-5-9-16(15)18)19-14-7-6-11-17(2,3)12-10-14/h4-5,8-9,13-14,19H,6-7,10-12H2,1-3H3. The molecule has 0 bridgehead atoms. The SMILES string of the molecule is CC(NC1CCCC(C)(C)CC1)c1ccccc1F. The molecular weight excluding hydrogens is 237 g/mol. The number of hydrogen-bond donors (Lipinski definition) is 1. The maximum absolute atomic E-state index is 13.8. The highest BCUT2D eigenvalue weighted by Crippen LogP contribution is 2.34. The lowest BCUT2D eigenvalue weighted by Gasteiger charge is -2.24. The maximum Gasteiger partial charge on any atom is 0.127 e. The predicted molar refractivity (Wildman–Crippen MR) is 78.6 cm³/mol. The Balaban J connectivity index is 1.96. The van der Waals surface area contributed by atoms with Crippen LogP contribution in [-0.2, 0) is 0 Å². The Hall–Kier alpha value is -0.890. The first-order valence-corrected chi connectivity index (χ1v) is 7.48. The second-order valence-corrected chi connectivity index (χ2v) is 6.70. The molecule has 0 aliphatic heterocycles. The Morgan fingerprint density at radius 3 is 2.68 bits per heavy atom. The van der Waals surface area contributed by atoms with Crippen molar-refractivity contribution in [1.82, 2.24) is 5.32 Å². The van der Waals surface area contributed by atoms with Crippen molar-refractivity contribution >= 4 is 0 Å². The molecule has 0 aromatic heterocycles. The number of nitrogens with one attached hydrogen (secondary N) is 1. The van der Waals surface area contributed by atoms with E-state index in [0.29, 0.717) is 11.5 Å². The van der Waals surface area contributed by atoms with Crippen LogP contribution in [0.5, 0.6) is 0 Å². The van der Waals surface area contributed by atoms with E-state index in [-0.39, 0.29) is 11.9 Å². The fourth-order valence-corrected chi connectivity index (χ4v) is 3.10. The molecule has 2 atom stereocenters. The molecule has 2 heteroatoms. The lowest BCUT2D eigenvalue weighted by molar-refractivity contribution is 0.307. The minimum Gasteiger partial charge on any atom is -0.307 e. The van der Waals surface area contributed by atoms with E-state index in [4.69, 9.17) is 0 Å². The van der Waals surface area contributed by atoms with Crippen molar-refractivity contribution in [2.45, 2.75) is 65.0 Å². The topological polar surface area (TPSA) is 12.0 Å². The Labute approximate surface area is 116 Å². The molecule has 0 spiro atoms. The summed E-state index contributed by atoms with van der Waals surface area (Å²) >= 11 is 0. The van der Waals surface area contributed by atoms with Crippen molar-refractivity contribution in [2.75, 3.05) is 0 Å². The molecule has 106 valence electrons. The minimum absolute atomic E-state index is 0.0902. The fourth-order valence-electron chi connectivity index (χ4n) is 3.10. The van der Waals surface area contributed by atoms with Crippen LogP contribution in [0.4, 0.5) is 4.39 Å². The van der Waals surface area contributed by atoms with E-state index in [9.17, 15) is 4.39 Å². The van der Waals surface area contributed by atoms with Crippen LogP contribution in [0.3, 0.4) is 0 Å². The summed E-state index contributed by atoms with van der Waals surface area (Å²) in [5.41, 5.74) is 1.25. The number of benzene rings is 1.